The molecule has 3 aromatic rings. The van der Waals surface area contributed by atoms with Gasteiger partial charge in [0, 0.05) is 27.4 Å². The van der Waals surface area contributed by atoms with Crippen LogP contribution in [0.15, 0.2) is 41.2 Å². The van der Waals surface area contributed by atoms with Crippen LogP contribution in [0.4, 0.5) is 0 Å². The fourth-order valence-electron chi connectivity index (χ4n) is 2.62. The van der Waals surface area contributed by atoms with Crippen molar-refractivity contribution >= 4 is 34.1 Å². The van der Waals surface area contributed by atoms with E-state index in [1.54, 1.807) is 18.2 Å². The second-order valence-electron chi connectivity index (χ2n) is 5.21. The molecule has 0 aliphatic heterocycles. The van der Waals surface area contributed by atoms with Crippen molar-refractivity contribution in [3.63, 3.8) is 0 Å². The predicted octanol–water partition coefficient (Wildman–Crippen LogP) is 4.44. The zero-order chi connectivity index (χ0) is 15.9. The first-order valence-corrected chi connectivity index (χ1v) is 7.49. The number of halogens is 2. The Kier molecular flexibility index (Phi) is 3.85. The second kappa shape index (κ2) is 5.67. The van der Waals surface area contributed by atoms with E-state index < -0.39 is 0 Å². The Morgan fingerprint density at radius 1 is 1.09 bits per heavy atom. The molecule has 2 aromatic carbocycles. The molecule has 5 heteroatoms. The van der Waals surface area contributed by atoms with Gasteiger partial charge in [0.15, 0.2) is 0 Å². The third-order valence-corrected chi connectivity index (χ3v) is 4.20. The maximum absolute atomic E-state index is 12.3. The molecule has 3 rings (SSSR count). The average molecular weight is 334 g/mol. The third kappa shape index (κ3) is 2.70. The fraction of sp³-hybridized carbons (Fsp3) is 0.118. The van der Waals surface area contributed by atoms with Gasteiger partial charge in [0.1, 0.15) is 5.75 Å². The van der Waals surface area contributed by atoms with E-state index in [0.717, 1.165) is 11.1 Å². The number of aromatic nitrogens is 1. The van der Waals surface area contributed by atoms with Crippen LogP contribution in [0.1, 0.15) is 16.7 Å². The Bertz CT molecular complexity index is 915. The normalized spacial score (nSPS) is 11.0. The van der Waals surface area contributed by atoms with E-state index in [2.05, 4.69) is 4.98 Å². The highest BCUT2D eigenvalue weighted by molar-refractivity contribution is 6.31. The predicted molar refractivity (Wildman–Crippen MR) is 90.2 cm³/mol. The summed E-state index contributed by atoms with van der Waals surface area (Å²) in [5, 5.41) is 11.8. The number of nitrogens with one attached hydrogen (secondary N) is 1. The fourth-order valence-corrected chi connectivity index (χ4v) is 2.96. The van der Waals surface area contributed by atoms with E-state index in [-0.39, 0.29) is 11.3 Å². The molecule has 0 atom stereocenters. The number of benzene rings is 2. The van der Waals surface area contributed by atoms with Crippen molar-refractivity contribution in [3.05, 3.63) is 73.5 Å². The number of aromatic amines is 1. The molecule has 22 heavy (non-hydrogen) atoms. The van der Waals surface area contributed by atoms with Crippen molar-refractivity contribution < 1.29 is 5.11 Å². The Balaban J connectivity index is 2.18. The summed E-state index contributed by atoms with van der Waals surface area (Å²) in [5.41, 5.74) is 2.70. The van der Waals surface area contributed by atoms with Gasteiger partial charge in [0.05, 0.1) is 5.52 Å². The van der Waals surface area contributed by atoms with Crippen LogP contribution in [-0.4, -0.2) is 10.1 Å². The zero-order valence-electron chi connectivity index (χ0n) is 11.8. The van der Waals surface area contributed by atoms with E-state index in [4.69, 9.17) is 23.2 Å². The minimum absolute atomic E-state index is 0.0635. The minimum Gasteiger partial charge on any atom is -0.507 e. The number of phenolic OH excluding ortho intramolecular Hbond substituents is 1. The van der Waals surface area contributed by atoms with Crippen LogP contribution in [0.5, 0.6) is 5.75 Å². The summed E-state index contributed by atoms with van der Waals surface area (Å²) in [6, 6.07) is 10.5. The molecule has 1 aromatic heterocycles. The van der Waals surface area contributed by atoms with Gasteiger partial charge in [-0.3, -0.25) is 4.79 Å². The van der Waals surface area contributed by atoms with E-state index in [1.165, 1.54) is 6.07 Å². The molecular formula is C17H13Cl2NO2. The number of fused-ring (bicyclic) bond motifs is 1. The number of phenols is 1. The maximum Gasteiger partial charge on any atom is 0.252 e. The Morgan fingerprint density at radius 2 is 1.77 bits per heavy atom. The molecule has 1 heterocycles. The molecule has 0 radical (unpaired) electrons. The molecule has 0 aliphatic carbocycles. The van der Waals surface area contributed by atoms with Gasteiger partial charge in [-0.25, -0.2) is 0 Å². The molecule has 112 valence electrons. The molecule has 0 spiro atoms. The van der Waals surface area contributed by atoms with E-state index >= 15 is 0 Å². The van der Waals surface area contributed by atoms with E-state index in [9.17, 15) is 9.90 Å². The first-order valence-electron chi connectivity index (χ1n) is 6.74. The van der Waals surface area contributed by atoms with Crippen LogP contribution in [0.2, 0.25) is 10.0 Å². The van der Waals surface area contributed by atoms with Gasteiger partial charge < -0.3 is 10.1 Å². The van der Waals surface area contributed by atoms with Crippen molar-refractivity contribution in [1.29, 1.82) is 0 Å². The lowest BCUT2D eigenvalue weighted by molar-refractivity contribution is 0.481. The first kappa shape index (κ1) is 14.9. The quantitative estimate of drug-likeness (QED) is 0.728. The Labute approximate surface area is 137 Å². The van der Waals surface area contributed by atoms with Gasteiger partial charge in [-0.1, -0.05) is 35.3 Å². The molecule has 0 saturated heterocycles. The molecule has 0 fully saturated rings. The average Bonchev–Trinajstić information content (AvgIpc) is 2.44. The monoisotopic (exact) mass is 333 g/mol. The standard InChI is InChI=1S/C17H13Cl2NO2/c1-9-13(6-10-2-4-11(18)5-3-10)17(22)20-14-7-12(19)8-15(21)16(9)14/h2-5,7-8,21H,6H2,1H3,(H,20,22). The van der Waals surface area contributed by atoms with Crippen LogP contribution in [0, 0.1) is 6.92 Å². The highest BCUT2D eigenvalue weighted by atomic mass is 35.5. The number of H-pyrrole nitrogens is 1. The second-order valence-corrected chi connectivity index (χ2v) is 6.08. The highest BCUT2D eigenvalue weighted by Crippen LogP contribution is 2.31. The summed E-state index contributed by atoms with van der Waals surface area (Å²) in [7, 11) is 0. The lowest BCUT2D eigenvalue weighted by Crippen LogP contribution is -2.15. The van der Waals surface area contributed by atoms with Crippen molar-refractivity contribution in [2.45, 2.75) is 13.3 Å². The van der Waals surface area contributed by atoms with Gasteiger partial charge in [-0.15, -0.1) is 0 Å². The van der Waals surface area contributed by atoms with Crippen LogP contribution >= 0.6 is 23.2 Å². The van der Waals surface area contributed by atoms with Gasteiger partial charge in [-0.05, 0) is 42.3 Å². The number of hydrogen-bond donors (Lipinski definition) is 2. The summed E-state index contributed by atoms with van der Waals surface area (Å²) in [5.74, 6) is 0.0635. The summed E-state index contributed by atoms with van der Waals surface area (Å²) in [4.78, 5) is 15.1. The summed E-state index contributed by atoms with van der Waals surface area (Å²) < 4.78 is 0. The van der Waals surface area contributed by atoms with Crippen molar-refractivity contribution in [1.82, 2.24) is 4.98 Å². The smallest absolute Gasteiger partial charge is 0.252 e. The largest absolute Gasteiger partial charge is 0.507 e. The lowest BCUT2D eigenvalue weighted by Gasteiger charge is -2.11. The van der Waals surface area contributed by atoms with Crippen molar-refractivity contribution in [2.75, 3.05) is 0 Å². The number of pyridine rings is 1. The maximum atomic E-state index is 12.3. The number of aromatic hydroxyl groups is 1. The lowest BCUT2D eigenvalue weighted by atomic mass is 9.98. The van der Waals surface area contributed by atoms with Crippen LogP contribution in [0.3, 0.4) is 0 Å². The molecule has 2 N–H and O–H groups in total. The topological polar surface area (TPSA) is 53.1 Å². The SMILES string of the molecule is Cc1c(Cc2ccc(Cl)cc2)c(=O)[nH]c2cc(Cl)cc(O)c12. The summed E-state index contributed by atoms with van der Waals surface area (Å²) >= 11 is 11.8. The summed E-state index contributed by atoms with van der Waals surface area (Å²) in [6.07, 6.45) is 0.469. The third-order valence-electron chi connectivity index (χ3n) is 3.73. The number of aryl methyl sites for hydroxylation is 1. The molecular weight excluding hydrogens is 321 g/mol. The van der Waals surface area contributed by atoms with Crippen LogP contribution in [-0.2, 0) is 6.42 Å². The molecule has 0 unspecified atom stereocenters. The highest BCUT2D eigenvalue weighted by Gasteiger charge is 2.13. The van der Waals surface area contributed by atoms with Gasteiger partial charge in [0.2, 0.25) is 0 Å². The van der Waals surface area contributed by atoms with Crippen LogP contribution in [0.25, 0.3) is 10.9 Å². The van der Waals surface area contributed by atoms with Crippen molar-refractivity contribution in [2.24, 2.45) is 0 Å². The molecule has 0 amide bonds. The Hall–Kier alpha value is -1.97. The molecule has 0 saturated carbocycles. The number of rotatable bonds is 2. The van der Waals surface area contributed by atoms with E-state index in [1.807, 2.05) is 19.1 Å². The van der Waals surface area contributed by atoms with Crippen LogP contribution < -0.4 is 5.56 Å². The first-order chi connectivity index (χ1) is 10.5. The molecule has 3 nitrogen and oxygen atoms in total. The molecule has 0 bridgehead atoms. The zero-order valence-corrected chi connectivity index (χ0v) is 13.3. The van der Waals surface area contributed by atoms with Gasteiger partial charge >= 0.3 is 0 Å². The van der Waals surface area contributed by atoms with Gasteiger partial charge in [-0.2, -0.15) is 0 Å². The van der Waals surface area contributed by atoms with E-state index in [0.29, 0.717) is 32.9 Å². The Morgan fingerprint density at radius 3 is 2.45 bits per heavy atom. The minimum atomic E-state index is -0.179. The van der Waals surface area contributed by atoms with Crippen molar-refractivity contribution in [3.8, 4) is 5.75 Å². The molecule has 0 aliphatic rings. The van der Waals surface area contributed by atoms with Gasteiger partial charge in [0.25, 0.3) is 5.56 Å². The number of hydrogen-bond acceptors (Lipinski definition) is 2. The summed E-state index contributed by atoms with van der Waals surface area (Å²) in [6.45, 7) is 1.83.